The number of nitrogens with zero attached hydrogens (tertiary/aromatic N) is 2. The maximum absolute atomic E-state index is 13.0. The summed E-state index contributed by atoms with van der Waals surface area (Å²) in [7, 11) is 1.81. The molecule has 122 valence electrons. The van der Waals surface area contributed by atoms with Gasteiger partial charge in [0.15, 0.2) is 16.8 Å². The van der Waals surface area contributed by atoms with Crippen LogP contribution < -0.4 is 10.6 Å². The smallest absolute Gasteiger partial charge is 0.243 e. The summed E-state index contributed by atoms with van der Waals surface area (Å²) in [6.45, 7) is -0.265. The summed E-state index contributed by atoms with van der Waals surface area (Å²) < 4.78 is 27.5. The second kappa shape index (κ2) is 7.73. The van der Waals surface area contributed by atoms with Crippen molar-refractivity contribution in [3.05, 3.63) is 42.2 Å². The van der Waals surface area contributed by atoms with Crippen molar-refractivity contribution in [1.82, 2.24) is 14.9 Å². The number of thioether (sulfide) groups is 1. The Hall–Kier alpha value is -2.42. The van der Waals surface area contributed by atoms with Crippen molar-refractivity contribution in [2.75, 3.05) is 17.6 Å². The van der Waals surface area contributed by atoms with Crippen LogP contribution in [0.25, 0.3) is 0 Å². The van der Waals surface area contributed by atoms with E-state index in [4.69, 9.17) is 0 Å². The summed E-state index contributed by atoms with van der Waals surface area (Å²) in [5, 5.41) is 5.48. The van der Waals surface area contributed by atoms with Crippen LogP contribution in [0.2, 0.25) is 0 Å². The minimum atomic E-state index is -1.06. The zero-order valence-corrected chi connectivity index (χ0v) is 13.0. The fourth-order valence-corrected chi connectivity index (χ4v) is 2.39. The summed E-state index contributed by atoms with van der Waals surface area (Å²) >= 11 is 1.24. The average molecular weight is 340 g/mol. The zero-order valence-electron chi connectivity index (χ0n) is 12.2. The molecule has 6 nitrogen and oxygen atoms in total. The molecule has 0 aliphatic heterocycles. The van der Waals surface area contributed by atoms with Gasteiger partial charge in [-0.1, -0.05) is 11.8 Å². The number of aryl methyl sites for hydroxylation is 1. The van der Waals surface area contributed by atoms with E-state index >= 15 is 0 Å². The van der Waals surface area contributed by atoms with Gasteiger partial charge in [0.25, 0.3) is 0 Å². The largest absolute Gasteiger partial charge is 0.346 e. The van der Waals surface area contributed by atoms with E-state index in [-0.39, 0.29) is 23.9 Å². The first-order chi connectivity index (χ1) is 11.0. The second-order valence-electron chi connectivity index (χ2n) is 4.56. The minimum absolute atomic E-state index is 0.114. The molecule has 2 rings (SSSR count). The molecule has 0 aliphatic rings. The van der Waals surface area contributed by atoms with Crippen LogP contribution in [0.1, 0.15) is 0 Å². The summed E-state index contributed by atoms with van der Waals surface area (Å²) in [6, 6.07) is 3.01. The molecular formula is C14H14F2N4O2S. The average Bonchev–Trinajstić information content (AvgIpc) is 2.92. The van der Waals surface area contributed by atoms with Crippen molar-refractivity contribution < 1.29 is 18.4 Å². The third kappa shape index (κ3) is 5.06. The van der Waals surface area contributed by atoms with E-state index in [2.05, 4.69) is 15.6 Å². The van der Waals surface area contributed by atoms with E-state index < -0.39 is 17.5 Å². The first kappa shape index (κ1) is 16.9. The molecule has 0 spiro atoms. The van der Waals surface area contributed by atoms with Crippen molar-refractivity contribution in [3.8, 4) is 0 Å². The number of hydrogen-bond acceptors (Lipinski definition) is 4. The number of imidazole rings is 1. The molecule has 1 aromatic heterocycles. The number of carbonyl (C=O) groups excluding carboxylic acids is 2. The molecule has 2 aromatic rings. The molecule has 0 aliphatic carbocycles. The quantitative estimate of drug-likeness (QED) is 0.782. The van der Waals surface area contributed by atoms with E-state index in [1.165, 1.54) is 17.8 Å². The predicted octanol–water partition coefficient (Wildman–Crippen LogP) is 1.55. The summed E-state index contributed by atoms with van der Waals surface area (Å²) in [6.07, 6.45) is 3.38. The maximum Gasteiger partial charge on any atom is 0.243 e. The molecule has 0 radical (unpaired) electrons. The topological polar surface area (TPSA) is 76.0 Å². The molecule has 0 saturated heterocycles. The van der Waals surface area contributed by atoms with Gasteiger partial charge >= 0.3 is 0 Å². The van der Waals surface area contributed by atoms with Crippen LogP contribution in [0.15, 0.2) is 35.7 Å². The number of rotatable bonds is 6. The lowest BCUT2D eigenvalue weighted by molar-refractivity contribution is -0.122. The van der Waals surface area contributed by atoms with Crippen LogP contribution >= 0.6 is 11.8 Å². The lowest BCUT2D eigenvalue weighted by Gasteiger charge is -2.07. The van der Waals surface area contributed by atoms with E-state index in [9.17, 15) is 18.4 Å². The Labute approximate surface area is 135 Å². The van der Waals surface area contributed by atoms with Gasteiger partial charge in [0.1, 0.15) is 0 Å². The SMILES string of the molecule is Cn1ccnc1SCC(=O)NCC(=O)Nc1ccc(F)c(F)c1. The first-order valence-electron chi connectivity index (χ1n) is 6.57. The third-order valence-electron chi connectivity index (χ3n) is 2.76. The second-order valence-corrected chi connectivity index (χ2v) is 5.51. The number of anilines is 1. The maximum atomic E-state index is 13.0. The van der Waals surface area contributed by atoms with Crippen LogP contribution in [0.3, 0.4) is 0 Å². The van der Waals surface area contributed by atoms with E-state index in [1.807, 2.05) is 7.05 Å². The molecule has 9 heteroatoms. The van der Waals surface area contributed by atoms with Gasteiger partial charge in [0.05, 0.1) is 12.3 Å². The highest BCUT2D eigenvalue weighted by Crippen LogP contribution is 2.14. The fourth-order valence-electron chi connectivity index (χ4n) is 1.63. The summed E-state index contributed by atoms with van der Waals surface area (Å²) in [5.74, 6) is -2.81. The van der Waals surface area contributed by atoms with Crippen LogP contribution in [-0.4, -0.2) is 33.7 Å². The molecule has 0 saturated carbocycles. The number of hydrogen-bond donors (Lipinski definition) is 2. The van der Waals surface area contributed by atoms with Crippen LogP contribution in [0, 0.1) is 11.6 Å². The number of carbonyl (C=O) groups is 2. The molecule has 2 amide bonds. The van der Waals surface area contributed by atoms with Crippen molar-refractivity contribution in [1.29, 1.82) is 0 Å². The normalized spacial score (nSPS) is 10.4. The zero-order chi connectivity index (χ0) is 16.8. The van der Waals surface area contributed by atoms with Gasteiger partial charge in [0, 0.05) is 31.2 Å². The molecule has 0 unspecified atom stereocenters. The molecule has 0 bridgehead atoms. The standard InChI is InChI=1S/C14H14F2N4O2S/c1-20-5-4-17-14(20)23-8-13(22)18-7-12(21)19-9-2-3-10(15)11(16)6-9/h2-6H,7-8H2,1H3,(H,18,22)(H,19,21). The number of nitrogens with one attached hydrogen (secondary N) is 2. The van der Waals surface area contributed by atoms with E-state index in [0.717, 1.165) is 12.1 Å². The van der Waals surface area contributed by atoms with Crippen LogP contribution in [0.5, 0.6) is 0 Å². The molecule has 23 heavy (non-hydrogen) atoms. The highest BCUT2D eigenvalue weighted by Gasteiger charge is 2.09. The van der Waals surface area contributed by atoms with Gasteiger partial charge in [0.2, 0.25) is 11.8 Å². The molecule has 1 heterocycles. The Balaban J connectivity index is 1.74. The molecule has 2 N–H and O–H groups in total. The molecular weight excluding hydrogens is 326 g/mol. The van der Waals surface area contributed by atoms with Crippen LogP contribution in [0.4, 0.5) is 14.5 Å². The van der Waals surface area contributed by atoms with Gasteiger partial charge in [-0.15, -0.1) is 0 Å². The van der Waals surface area contributed by atoms with Gasteiger partial charge in [-0.3, -0.25) is 9.59 Å². The predicted molar refractivity (Wildman–Crippen MR) is 81.9 cm³/mol. The lowest BCUT2D eigenvalue weighted by atomic mass is 10.3. The lowest BCUT2D eigenvalue weighted by Crippen LogP contribution is -2.34. The Morgan fingerprint density at radius 1 is 1.26 bits per heavy atom. The first-order valence-corrected chi connectivity index (χ1v) is 7.56. The minimum Gasteiger partial charge on any atom is -0.346 e. The summed E-state index contributed by atoms with van der Waals surface area (Å²) in [4.78, 5) is 27.3. The van der Waals surface area contributed by atoms with Crippen molar-refractivity contribution >= 4 is 29.3 Å². The Kier molecular flexibility index (Phi) is 5.69. The van der Waals surface area contributed by atoms with Crippen molar-refractivity contribution in [3.63, 3.8) is 0 Å². The van der Waals surface area contributed by atoms with Crippen molar-refractivity contribution in [2.45, 2.75) is 5.16 Å². The van der Waals surface area contributed by atoms with Gasteiger partial charge in [-0.05, 0) is 12.1 Å². The third-order valence-corrected chi connectivity index (χ3v) is 3.82. The van der Waals surface area contributed by atoms with Gasteiger partial charge in [-0.25, -0.2) is 13.8 Å². The van der Waals surface area contributed by atoms with E-state index in [0.29, 0.717) is 5.16 Å². The Morgan fingerprint density at radius 2 is 2.04 bits per heavy atom. The van der Waals surface area contributed by atoms with Gasteiger partial charge in [-0.2, -0.15) is 0 Å². The highest BCUT2D eigenvalue weighted by molar-refractivity contribution is 7.99. The number of aromatic nitrogens is 2. The van der Waals surface area contributed by atoms with E-state index in [1.54, 1.807) is 17.0 Å². The highest BCUT2D eigenvalue weighted by atomic mass is 32.2. The van der Waals surface area contributed by atoms with Gasteiger partial charge < -0.3 is 15.2 Å². The number of halogens is 2. The fraction of sp³-hybridized carbons (Fsp3) is 0.214. The molecule has 0 fully saturated rings. The Morgan fingerprint density at radius 3 is 2.70 bits per heavy atom. The van der Waals surface area contributed by atoms with Crippen molar-refractivity contribution in [2.24, 2.45) is 7.05 Å². The molecule has 0 atom stereocenters. The Bertz CT molecular complexity index is 721. The monoisotopic (exact) mass is 340 g/mol. The van der Waals surface area contributed by atoms with Crippen LogP contribution in [-0.2, 0) is 16.6 Å². The summed E-state index contributed by atoms with van der Waals surface area (Å²) in [5.41, 5.74) is 0.116. The number of benzene rings is 1. The molecule has 1 aromatic carbocycles. The number of amides is 2.